The number of Topliss-reactive ketones (excluding diaryl/α,β-unsaturated/α-hetero) is 1. The van der Waals surface area contributed by atoms with E-state index in [0.717, 1.165) is 0 Å². The second-order valence-corrected chi connectivity index (χ2v) is 7.10. The van der Waals surface area contributed by atoms with E-state index in [1.807, 2.05) is 6.92 Å². The number of rotatable bonds is 4. The van der Waals surface area contributed by atoms with Gasteiger partial charge in [0, 0.05) is 31.2 Å². The van der Waals surface area contributed by atoms with E-state index in [9.17, 15) is 18.0 Å². The van der Waals surface area contributed by atoms with Crippen molar-refractivity contribution in [1.82, 2.24) is 9.78 Å². The fourth-order valence-corrected chi connectivity index (χ4v) is 3.99. The number of carbonyl (C=O) groups is 1. The van der Waals surface area contributed by atoms with Gasteiger partial charge in [-0.25, -0.2) is 0 Å². The Kier molecular flexibility index (Phi) is 4.82. The van der Waals surface area contributed by atoms with Crippen LogP contribution in [0.25, 0.3) is 0 Å². The molecule has 1 aromatic rings. The molecule has 2 aliphatic rings. The minimum Gasteiger partial charge on any atom is -0.395 e. The number of hydrogen-bond acceptors (Lipinski definition) is 6. The summed E-state index contributed by atoms with van der Waals surface area (Å²) in [5.41, 5.74) is 1.77. The van der Waals surface area contributed by atoms with Crippen molar-refractivity contribution in [2.45, 2.75) is 26.7 Å². The SMILES string of the molecule is CCC1=C(C2=NOCC2)C(C)C(=S(=O)=O)C=C1C(=O)c1c[nH]n(C)c1=O. The second-order valence-electron chi connectivity index (χ2n) is 6.16. The van der Waals surface area contributed by atoms with Gasteiger partial charge in [-0.15, -0.1) is 0 Å². The maximum atomic E-state index is 13.0. The first-order valence-corrected chi connectivity index (χ1v) is 9.33. The molecule has 3 rings (SSSR count). The molecule has 1 unspecified atom stereocenters. The van der Waals surface area contributed by atoms with E-state index in [4.69, 9.17) is 4.84 Å². The molecule has 0 amide bonds. The molecule has 1 aromatic heterocycles. The number of aromatic nitrogens is 2. The van der Waals surface area contributed by atoms with Crippen molar-refractivity contribution in [3.63, 3.8) is 0 Å². The fourth-order valence-electron chi connectivity index (χ4n) is 3.37. The van der Waals surface area contributed by atoms with Crippen molar-refractivity contribution in [1.29, 1.82) is 0 Å². The number of allylic oxidation sites excluding steroid dienone is 4. The number of aryl methyl sites for hydroxylation is 1. The zero-order chi connectivity index (χ0) is 19.0. The highest BCUT2D eigenvalue weighted by Crippen LogP contribution is 2.34. The molecule has 1 aliphatic heterocycles. The van der Waals surface area contributed by atoms with Crippen molar-refractivity contribution in [2.75, 3.05) is 6.61 Å². The summed E-state index contributed by atoms with van der Waals surface area (Å²) in [7, 11) is -0.989. The van der Waals surface area contributed by atoms with Gasteiger partial charge in [0.15, 0.2) is 0 Å². The molecule has 0 saturated heterocycles. The first-order valence-electron chi connectivity index (χ1n) is 8.26. The third-order valence-corrected chi connectivity index (χ3v) is 5.54. The van der Waals surface area contributed by atoms with Crippen LogP contribution in [0.15, 0.2) is 38.9 Å². The summed E-state index contributed by atoms with van der Waals surface area (Å²) >= 11 is 0. The standard InChI is InChI=1S/C17H19N3O5S/c1-4-10-11(16(21)12-8-18-20(3)17(12)22)7-14(26(23)24)9(2)15(10)13-5-6-25-19-13/h7-9,18H,4-6H2,1-3H3. The summed E-state index contributed by atoms with van der Waals surface area (Å²) in [6, 6.07) is 0. The van der Waals surface area contributed by atoms with E-state index in [1.54, 1.807) is 6.92 Å². The number of oxime groups is 1. The van der Waals surface area contributed by atoms with Crippen LogP contribution in [0.5, 0.6) is 0 Å². The molecule has 0 radical (unpaired) electrons. The molecule has 138 valence electrons. The Morgan fingerprint density at radius 1 is 1.46 bits per heavy atom. The molecule has 1 aliphatic carbocycles. The highest BCUT2D eigenvalue weighted by molar-refractivity contribution is 7.73. The minimum absolute atomic E-state index is 0.0285. The van der Waals surface area contributed by atoms with Crippen LogP contribution >= 0.6 is 0 Å². The Morgan fingerprint density at radius 2 is 2.19 bits per heavy atom. The normalized spacial score (nSPS) is 20.0. The van der Waals surface area contributed by atoms with Crippen LogP contribution in [-0.4, -0.2) is 41.2 Å². The number of aromatic amines is 1. The Balaban J connectivity index is 2.25. The number of hydrogen-bond donors (Lipinski definition) is 1. The Hall–Kier alpha value is -2.68. The average molecular weight is 377 g/mol. The van der Waals surface area contributed by atoms with Gasteiger partial charge < -0.3 is 9.94 Å². The quantitative estimate of drug-likeness (QED) is 0.622. The monoisotopic (exact) mass is 377 g/mol. The zero-order valence-corrected chi connectivity index (χ0v) is 15.5. The van der Waals surface area contributed by atoms with Gasteiger partial charge in [0.05, 0.1) is 10.6 Å². The lowest BCUT2D eigenvalue weighted by atomic mass is 9.78. The molecule has 9 heteroatoms. The van der Waals surface area contributed by atoms with Crippen LogP contribution < -0.4 is 5.56 Å². The predicted molar refractivity (Wildman–Crippen MR) is 96.9 cm³/mol. The van der Waals surface area contributed by atoms with E-state index in [-0.39, 0.29) is 16.0 Å². The summed E-state index contributed by atoms with van der Waals surface area (Å²) < 4.78 is 24.7. The third kappa shape index (κ3) is 2.88. The van der Waals surface area contributed by atoms with Crippen LogP contribution in [-0.2, 0) is 22.2 Å². The fraction of sp³-hybridized carbons (Fsp3) is 0.412. The van der Waals surface area contributed by atoms with Crippen molar-refractivity contribution in [3.8, 4) is 0 Å². The highest BCUT2D eigenvalue weighted by Gasteiger charge is 2.34. The number of nitrogens with one attached hydrogen (secondary N) is 1. The minimum atomic E-state index is -2.50. The van der Waals surface area contributed by atoms with Gasteiger partial charge in [0.2, 0.25) is 16.1 Å². The molecule has 1 atom stereocenters. The topological polar surface area (TPSA) is 111 Å². The summed E-state index contributed by atoms with van der Waals surface area (Å²) in [6.45, 7) is 4.07. The van der Waals surface area contributed by atoms with Crippen LogP contribution in [0, 0.1) is 5.92 Å². The molecule has 0 fully saturated rings. The Bertz CT molecular complexity index is 1060. The zero-order valence-electron chi connectivity index (χ0n) is 14.7. The van der Waals surface area contributed by atoms with Gasteiger partial charge in [-0.1, -0.05) is 19.0 Å². The summed E-state index contributed by atoms with van der Waals surface area (Å²) in [6.07, 6.45) is 3.76. The smallest absolute Gasteiger partial charge is 0.277 e. The largest absolute Gasteiger partial charge is 0.395 e. The van der Waals surface area contributed by atoms with Gasteiger partial charge in [-0.05, 0) is 23.6 Å². The Morgan fingerprint density at radius 3 is 2.69 bits per heavy atom. The van der Waals surface area contributed by atoms with Gasteiger partial charge in [-0.2, -0.15) is 8.42 Å². The maximum Gasteiger partial charge on any atom is 0.277 e. The molecular weight excluding hydrogens is 358 g/mol. The second kappa shape index (κ2) is 6.91. The van der Waals surface area contributed by atoms with Gasteiger partial charge in [0.25, 0.3) is 5.56 Å². The van der Waals surface area contributed by atoms with Gasteiger partial charge in [0.1, 0.15) is 12.2 Å². The van der Waals surface area contributed by atoms with Crippen LogP contribution in [0.4, 0.5) is 0 Å². The third-order valence-electron chi connectivity index (χ3n) is 4.69. The van der Waals surface area contributed by atoms with Gasteiger partial charge >= 0.3 is 0 Å². The maximum absolute atomic E-state index is 13.0. The number of carbonyl (C=O) groups excluding carboxylic acids is 1. The number of nitrogens with zero attached hydrogens (tertiary/aromatic N) is 2. The summed E-state index contributed by atoms with van der Waals surface area (Å²) in [5, 5.41) is 6.69. The van der Waals surface area contributed by atoms with Crippen molar-refractivity contribution in [3.05, 3.63) is 44.9 Å². The molecule has 8 nitrogen and oxygen atoms in total. The molecule has 26 heavy (non-hydrogen) atoms. The van der Waals surface area contributed by atoms with Crippen molar-refractivity contribution < 1.29 is 18.0 Å². The highest BCUT2D eigenvalue weighted by atomic mass is 32.2. The summed E-state index contributed by atoms with van der Waals surface area (Å²) in [5.74, 6) is -0.940. The van der Waals surface area contributed by atoms with Crippen LogP contribution in [0.1, 0.15) is 37.0 Å². The number of ketones is 1. The lowest BCUT2D eigenvalue weighted by Gasteiger charge is -2.25. The van der Waals surface area contributed by atoms with E-state index in [0.29, 0.717) is 36.3 Å². The number of H-pyrrole nitrogens is 1. The van der Waals surface area contributed by atoms with E-state index in [1.165, 1.54) is 24.0 Å². The lowest BCUT2D eigenvalue weighted by molar-refractivity contribution is 0.103. The molecule has 0 saturated carbocycles. The Labute approximate surface area is 151 Å². The molecule has 0 bridgehead atoms. The molecule has 0 spiro atoms. The molecule has 0 aromatic carbocycles. The van der Waals surface area contributed by atoms with Crippen LogP contribution in [0.2, 0.25) is 0 Å². The van der Waals surface area contributed by atoms with Crippen molar-refractivity contribution >= 4 is 26.7 Å². The molecule has 2 heterocycles. The van der Waals surface area contributed by atoms with E-state index >= 15 is 0 Å². The molecule has 1 N–H and O–H groups in total. The van der Waals surface area contributed by atoms with Crippen molar-refractivity contribution in [2.24, 2.45) is 18.1 Å². The van der Waals surface area contributed by atoms with E-state index < -0.39 is 27.6 Å². The van der Waals surface area contributed by atoms with Crippen LogP contribution in [0.3, 0.4) is 0 Å². The summed E-state index contributed by atoms with van der Waals surface area (Å²) in [4.78, 5) is 30.4. The predicted octanol–water partition coefficient (Wildman–Crippen LogP) is 1.01. The molecular formula is C17H19N3O5S. The first kappa shape index (κ1) is 18.1. The average Bonchev–Trinajstić information content (AvgIpc) is 3.24. The lowest BCUT2D eigenvalue weighted by Crippen LogP contribution is -2.28. The van der Waals surface area contributed by atoms with Gasteiger partial charge in [-0.3, -0.25) is 14.3 Å². The first-order chi connectivity index (χ1) is 12.4. The van der Waals surface area contributed by atoms with E-state index in [2.05, 4.69) is 10.3 Å².